The third-order valence-corrected chi connectivity index (χ3v) is 2.80. The van der Waals surface area contributed by atoms with Gasteiger partial charge in [0.25, 0.3) is 5.91 Å². The van der Waals surface area contributed by atoms with E-state index in [2.05, 4.69) is 26.0 Å². The number of alkyl halides is 3. The molecule has 8 nitrogen and oxygen atoms in total. The molecule has 0 atom stereocenters. The first kappa shape index (κ1) is 18.2. The lowest BCUT2D eigenvalue weighted by Gasteiger charge is -2.10. The predicted octanol–water partition coefficient (Wildman–Crippen LogP) is 2.61. The molecule has 0 fully saturated rings. The number of nitrogens with one attached hydrogen (secondary N) is 4. The van der Waals surface area contributed by atoms with Gasteiger partial charge in [-0.05, 0) is 38.1 Å². The smallest absolute Gasteiger partial charge is 0.336 e. The number of carbonyl (C=O) groups is 2. The molecule has 0 unspecified atom stereocenters. The Hall–Kier alpha value is -3.11. The maximum absolute atomic E-state index is 12.4. The van der Waals surface area contributed by atoms with Gasteiger partial charge in [-0.25, -0.2) is 4.79 Å². The number of halogens is 3. The van der Waals surface area contributed by atoms with E-state index < -0.39 is 29.9 Å². The van der Waals surface area contributed by atoms with Gasteiger partial charge in [0.05, 0.1) is 0 Å². The zero-order valence-electron chi connectivity index (χ0n) is 13.2. The van der Waals surface area contributed by atoms with E-state index in [9.17, 15) is 22.8 Å². The molecule has 0 saturated heterocycles. The SMILES string of the molecule is CC(C)NC(=O)Nc1ccc(C(=O)Nc2n[nH]c(C(F)(F)F)n2)cc1. The van der Waals surface area contributed by atoms with E-state index in [-0.39, 0.29) is 11.6 Å². The minimum absolute atomic E-state index is 0.0343. The van der Waals surface area contributed by atoms with E-state index in [4.69, 9.17) is 0 Å². The Morgan fingerprint density at radius 1 is 1.12 bits per heavy atom. The minimum atomic E-state index is -4.68. The molecule has 134 valence electrons. The van der Waals surface area contributed by atoms with Crippen LogP contribution in [-0.4, -0.2) is 33.2 Å². The molecule has 0 aliphatic heterocycles. The maximum atomic E-state index is 12.4. The Morgan fingerprint density at radius 2 is 1.76 bits per heavy atom. The van der Waals surface area contributed by atoms with Crippen molar-refractivity contribution in [2.45, 2.75) is 26.1 Å². The lowest BCUT2D eigenvalue weighted by molar-refractivity contribution is -0.144. The molecule has 0 aliphatic rings. The molecule has 0 radical (unpaired) electrons. The van der Waals surface area contributed by atoms with Crippen LogP contribution >= 0.6 is 0 Å². The van der Waals surface area contributed by atoms with E-state index >= 15 is 0 Å². The van der Waals surface area contributed by atoms with Crippen molar-refractivity contribution in [3.63, 3.8) is 0 Å². The molecular weight excluding hydrogens is 341 g/mol. The van der Waals surface area contributed by atoms with Crippen molar-refractivity contribution in [1.82, 2.24) is 20.5 Å². The largest absolute Gasteiger partial charge is 0.451 e. The average molecular weight is 356 g/mol. The van der Waals surface area contributed by atoms with Gasteiger partial charge < -0.3 is 10.6 Å². The van der Waals surface area contributed by atoms with Crippen molar-refractivity contribution in [3.05, 3.63) is 35.7 Å². The van der Waals surface area contributed by atoms with Gasteiger partial charge in [-0.3, -0.25) is 15.2 Å². The van der Waals surface area contributed by atoms with Crippen LogP contribution in [0.1, 0.15) is 30.0 Å². The molecule has 0 bridgehead atoms. The van der Waals surface area contributed by atoms with Crippen LogP contribution in [0.2, 0.25) is 0 Å². The Labute approximate surface area is 140 Å². The van der Waals surface area contributed by atoms with Crippen molar-refractivity contribution in [2.24, 2.45) is 0 Å². The van der Waals surface area contributed by atoms with Crippen LogP contribution in [-0.2, 0) is 6.18 Å². The molecule has 25 heavy (non-hydrogen) atoms. The van der Waals surface area contributed by atoms with E-state index in [0.29, 0.717) is 5.69 Å². The summed E-state index contributed by atoms with van der Waals surface area (Å²) in [4.78, 5) is 26.7. The van der Waals surface area contributed by atoms with Gasteiger partial charge in [-0.2, -0.15) is 18.2 Å². The molecule has 1 aromatic carbocycles. The molecule has 0 spiro atoms. The summed E-state index contributed by atoms with van der Waals surface area (Å²) in [7, 11) is 0. The predicted molar refractivity (Wildman–Crippen MR) is 83.1 cm³/mol. The van der Waals surface area contributed by atoms with Gasteiger partial charge in [-0.1, -0.05) is 0 Å². The Balaban J connectivity index is 1.98. The van der Waals surface area contributed by atoms with Crippen LogP contribution < -0.4 is 16.0 Å². The van der Waals surface area contributed by atoms with Crippen molar-refractivity contribution in [3.8, 4) is 0 Å². The third kappa shape index (κ3) is 5.19. The highest BCUT2D eigenvalue weighted by Crippen LogP contribution is 2.26. The summed E-state index contributed by atoms with van der Waals surface area (Å²) in [6, 6.07) is 5.33. The number of benzene rings is 1. The maximum Gasteiger partial charge on any atom is 0.451 e. The summed E-state index contributed by atoms with van der Waals surface area (Å²) in [6.45, 7) is 3.61. The number of rotatable bonds is 4. The molecule has 0 aliphatic carbocycles. The summed E-state index contributed by atoms with van der Waals surface area (Å²) in [5.41, 5.74) is 0.611. The monoisotopic (exact) mass is 356 g/mol. The first-order chi connectivity index (χ1) is 11.6. The lowest BCUT2D eigenvalue weighted by atomic mass is 10.2. The summed E-state index contributed by atoms with van der Waals surface area (Å²) >= 11 is 0. The van der Waals surface area contributed by atoms with Gasteiger partial charge in [0.1, 0.15) is 0 Å². The lowest BCUT2D eigenvalue weighted by Crippen LogP contribution is -2.34. The molecule has 1 heterocycles. The van der Waals surface area contributed by atoms with E-state index in [1.165, 1.54) is 24.3 Å². The second kappa shape index (κ2) is 7.20. The summed E-state index contributed by atoms with van der Waals surface area (Å²) in [6.07, 6.45) is -4.68. The highest BCUT2D eigenvalue weighted by atomic mass is 19.4. The Kier molecular flexibility index (Phi) is 5.25. The highest BCUT2D eigenvalue weighted by Gasteiger charge is 2.35. The number of aromatic nitrogens is 3. The standard InChI is InChI=1S/C14H15F3N6O2/c1-7(2)18-13(25)19-9-5-3-8(4-6-9)10(24)20-12-21-11(22-23-12)14(15,16)17/h3-7H,1-2H3,(H2,18,19,25)(H2,20,21,22,23,24). The average Bonchev–Trinajstić information content (AvgIpc) is 2.95. The van der Waals surface area contributed by atoms with Crippen LogP contribution in [0.25, 0.3) is 0 Å². The second-order valence-electron chi connectivity index (χ2n) is 5.29. The fourth-order valence-corrected chi connectivity index (χ4v) is 1.75. The number of carbonyl (C=O) groups excluding carboxylic acids is 2. The minimum Gasteiger partial charge on any atom is -0.336 e. The van der Waals surface area contributed by atoms with E-state index in [1.807, 2.05) is 0 Å². The van der Waals surface area contributed by atoms with Gasteiger partial charge in [0.2, 0.25) is 11.8 Å². The van der Waals surface area contributed by atoms with Crippen LogP contribution in [0.3, 0.4) is 0 Å². The zero-order valence-corrected chi connectivity index (χ0v) is 13.2. The quantitative estimate of drug-likeness (QED) is 0.674. The summed E-state index contributed by atoms with van der Waals surface area (Å²) < 4.78 is 37.2. The summed E-state index contributed by atoms with van der Waals surface area (Å²) in [5, 5.41) is 12.3. The van der Waals surface area contributed by atoms with E-state index in [0.717, 1.165) is 0 Å². The fraction of sp³-hybridized carbons (Fsp3) is 0.286. The topological polar surface area (TPSA) is 112 Å². The van der Waals surface area contributed by atoms with Crippen molar-refractivity contribution >= 4 is 23.6 Å². The number of anilines is 2. The number of aromatic amines is 1. The summed E-state index contributed by atoms with van der Waals surface area (Å²) in [5.74, 6) is -2.49. The van der Waals surface area contributed by atoms with Crippen LogP contribution in [0, 0.1) is 0 Å². The molecular formula is C14H15F3N6O2. The normalized spacial score (nSPS) is 11.3. The molecule has 1 aromatic heterocycles. The Morgan fingerprint density at radius 3 is 2.28 bits per heavy atom. The second-order valence-corrected chi connectivity index (χ2v) is 5.29. The molecule has 0 saturated carbocycles. The highest BCUT2D eigenvalue weighted by molar-refractivity contribution is 6.03. The Bertz CT molecular complexity index is 755. The first-order valence-electron chi connectivity index (χ1n) is 7.13. The van der Waals surface area contributed by atoms with Gasteiger partial charge in [0, 0.05) is 17.3 Å². The number of nitrogens with zero attached hydrogens (tertiary/aromatic N) is 2. The number of amides is 3. The van der Waals surface area contributed by atoms with Crippen LogP contribution in [0.5, 0.6) is 0 Å². The van der Waals surface area contributed by atoms with Crippen LogP contribution in [0.4, 0.5) is 29.6 Å². The van der Waals surface area contributed by atoms with Crippen LogP contribution in [0.15, 0.2) is 24.3 Å². The van der Waals surface area contributed by atoms with Gasteiger partial charge >= 0.3 is 12.2 Å². The number of H-pyrrole nitrogens is 1. The molecule has 2 rings (SSSR count). The van der Waals surface area contributed by atoms with Gasteiger partial charge in [-0.15, -0.1) is 5.10 Å². The molecule has 3 amide bonds. The van der Waals surface area contributed by atoms with E-state index in [1.54, 1.807) is 18.9 Å². The zero-order chi connectivity index (χ0) is 18.6. The number of urea groups is 1. The van der Waals surface area contributed by atoms with Crippen molar-refractivity contribution in [2.75, 3.05) is 10.6 Å². The first-order valence-corrected chi connectivity index (χ1v) is 7.13. The number of hydrogen-bond donors (Lipinski definition) is 4. The van der Waals surface area contributed by atoms with Crippen molar-refractivity contribution < 1.29 is 22.8 Å². The number of hydrogen-bond acceptors (Lipinski definition) is 4. The third-order valence-electron chi connectivity index (χ3n) is 2.80. The molecule has 4 N–H and O–H groups in total. The molecule has 2 aromatic rings. The van der Waals surface area contributed by atoms with Gasteiger partial charge in [0.15, 0.2) is 0 Å². The molecule has 11 heteroatoms. The fourth-order valence-electron chi connectivity index (χ4n) is 1.75. The van der Waals surface area contributed by atoms with Crippen molar-refractivity contribution in [1.29, 1.82) is 0 Å².